The van der Waals surface area contributed by atoms with Crippen LogP contribution in [0, 0.1) is 6.92 Å². The van der Waals surface area contributed by atoms with Gasteiger partial charge in [-0.25, -0.2) is 9.67 Å². The minimum Gasteiger partial charge on any atom is -0.357 e. The fourth-order valence-corrected chi connectivity index (χ4v) is 3.32. The molecule has 0 radical (unpaired) electrons. The minimum absolute atomic E-state index is 0.155. The lowest BCUT2D eigenvalue weighted by molar-refractivity contribution is 0.101. The highest BCUT2D eigenvalue weighted by Gasteiger charge is 2.17. The molecule has 3 aromatic rings. The van der Waals surface area contributed by atoms with E-state index in [0.29, 0.717) is 11.4 Å². The summed E-state index contributed by atoms with van der Waals surface area (Å²) in [7, 11) is 0. The Morgan fingerprint density at radius 3 is 2.50 bits per heavy atom. The lowest BCUT2D eigenvalue weighted by atomic mass is 10.2. The lowest BCUT2D eigenvalue weighted by Crippen LogP contribution is -2.27. The first-order chi connectivity index (χ1) is 13.6. The maximum atomic E-state index is 12.6. The third-order valence-electron chi connectivity index (χ3n) is 4.76. The Bertz CT molecular complexity index is 1040. The van der Waals surface area contributed by atoms with Gasteiger partial charge < -0.3 is 10.2 Å². The zero-order valence-electron chi connectivity index (χ0n) is 15.6. The summed E-state index contributed by atoms with van der Waals surface area (Å²) in [6.07, 6.45) is 3.95. The third-order valence-corrected chi connectivity index (χ3v) is 4.76. The number of nitrogens with zero attached hydrogens (tertiary/aromatic N) is 4. The van der Waals surface area contributed by atoms with Crippen molar-refractivity contribution in [3.63, 3.8) is 0 Å². The predicted octanol–water partition coefficient (Wildman–Crippen LogP) is 2.79. The van der Waals surface area contributed by atoms with Crippen molar-refractivity contribution in [3.05, 3.63) is 76.3 Å². The molecule has 7 heteroatoms. The molecular weight excluding hydrogens is 354 g/mol. The van der Waals surface area contributed by atoms with Gasteiger partial charge in [-0.2, -0.15) is 5.10 Å². The Morgan fingerprint density at radius 1 is 1.07 bits per heavy atom. The highest BCUT2D eigenvalue weighted by atomic mass is 16.2. The fraction of sp³-hybridized carbons (Fsp3) is 0.238. The highest BCUT2D eigenvalue weighted by Crippen LogP contribution is 2.19. The van der Waals surface area contributed by atoms with Crippen molar-refractivity contribution in [2.75, 3.05) is 23.3 Å². The van der Waals surface area contributed by atoms with Gasteiger partial charge in [0.15, 0.2) is 5.69 Å². The van der Waals surface area contributed by atoms with Gasteiger partial charge in [-0.1, -0.05) is 18.2 Å². The van der Waals surface area contributed by atoms with Gasteiger partial charge in [-0.15, -0.1) is 0 Å². The second-order valence-electron chi connectivity index (χ2n) is 6.80. The molecule has 1 aromatic carbocycles. The molecule has 2 aromatic heterocycles. The number of aromatic nitrogens is 3. The molecule has 142 valence electrons. The molecule has 0 atom stereocenters. The number of para-hydroxylation sites is 1. The Morgan fingerprint density at radius 2 is 1.82 bits per heavy atom. The molecule has 1 saturated heterocycles. The van der Waals surface area contributed by atoms with Crippen molar-refractivity contribution in [1.82, 2.24) is 14.8 Å². The van der Waals surface area contributed by atoms with E-state index in [9.17, 15) is 9.59 Å². The molecule has 0 spiro atoms. The van der Waals surface area contributed by atoms with Gasteiger partial charge in [0.1, 0.15) is 5.82 Å². The van der Waals surface area contributed by atoms with Gasteiger partial charge in [-0.05, 0) is 44.0 Å². The van der Waals surface area contributed by atoms with Crippen molar-refractivity contribution in [2.24, 2.45) is 0 Å². The molecule has 7 nitrogen and oxygen atoms in total. The molecule has 1 fully saturated rings. The lowest BCUT2D eigenvalue weighted by Gasteiger charge is -2.16. The molecule has 1 aliphatic heterocycles. The molecule has 28 heavy (non-hydrogen) atoms. The van der Waals surface area contributed by atoms with Crippen LogP contribution in [0.1, 0.15) is 29.0 Å². The van der Waals surface area contributed by atoms with Crippen molar-refractivity contribution in [1.29, 1.82) is 0 Å². The summed E-state index contributed by atoms with van der Waals surface area (Å²) in [6, 6.07) is 14.5. The molecule has 0 saturated carbocycles. The zero-order chi connectivity index (χ0) is 19.5. The Balaban J connectivity index is 1.57. The maximum absolute atomic E-state index is 12.6. The van der Waals surface area contributed by atoms with Crippen LogP contribution in [0.3, 0.4) is 0 Å². The van der Waals surface area contributed by atoms with E-state index in [2.05, 4.69) is 20.3 Å². The van der Waals surface area contributed by atoms with Gasteiger partial charge in [0.25, 0.3) is 5.91 Å². The van der Waals surface area contributed by atoms with Crippen molar-refractivity contribution in [2.45, 2.75) is 19.8 Å². The molecule has 0 bridgehead atoms. The van der Waals surface area contributed by atoms with Gasteiger partial charge in [-0.3, -0.25) is 9.59 Å². The first-order valence-corrected chi connectivity index (χ1v) is 9.30. The number of hydrogen-bond acceptors (Lipinski definition) is 5. The SMILES string of the molecule is Cc1cc(=O)c(C(=O)Nc2ccc(N3CCCC3)nc2)nn1-c1ccccc1. The number of anilines is 2. The first kappa shape index (κ1) is 17.9. The van der Waals surface area contributed by atoms with Crippen LogP contribution in [0.4, 0.5) is 11.5 Å². The number of pyridine rings is 1. The van der Waals surface area contributed by atoms with Crippen LogP contribution < -0.4 is 15.6 Å². The van der Waals surface area contributed by atoms with E-state index in [4.69, 9.17) is 0 Å². The third kappa shape index (κ3) is 3.64. The topological polar surface area (TPSA) is 80.1 Å². The van der Waals surface area contributed by atoms with Gasteiger partial charge >= 0.3 is 0 Å². The summed E-state index contributed by atoms with van der Waals surface area (Å²) in [4.78, 5) is 31.6. The summed E-state index contributed by atoms with van der Waals surface area (Å²) in [5.74, 6) is 0.348. The second kappa shape index (κ2) is 7.64. The van der Waals surface area contributed by atoms with Crippen LogP contribution >= 0.6 is 0 Å². The largest absolute Gasteiger partial charge is 0.357 e. The van der Waals surface area contributed by atoms with E-state index in [1.807, 2.05) is 36.4 Å². The van der Waals surface area contributed by atoms with Crippen LogP contribution in [0.25, 0.3) is 5.69 Å². The standard InChI is InChI=1S/C21H21N5O2/c1-15-13-18(27)20(24-26(15)17-7-3-2-4-8-17)21(28)23-16-9-10-19(22-14-16)25-11-5-6-12-25/h2-4,7-10,13-14H,5-6,11-12H2,1H3,(H,23,28). The summed E-state index contributed by atoms with van der Waals surface area (Å²) in [5, 5.41) is 7.00. The van der Waals surface area contributed by atoms with Crippen LogP contribution in [0.2, 0.25) is 0 Å². The number of aryl methyl sites for hydroxylation is 1. The summed E-state index contributed by atoms with van der Waals surface area (Å²) >= 11 is 0. The van der Waals surface area contributed by atoms with Gasteiger partial charge in [0.2, 0.25) is 5.43 Å². The second-order valence-corrected chi connectivity index (χ2v) is 6.80. The van der Waals surface area contributed by atoms with Gasteiger partial charge in [0.05, 0.1) is 17.6 Å². The zero-order valence-corrected chi connectivity index (χ0v) is 15.6. The monoisotopic (exact) mass is 375 g/mol. The number of hydrogen-bond donors (Lipinski definition) is 1. The summed E-state index contributed by atoms with van der Waals surface area (Å²) < 4.78 is 1.59. The number of rotatable bonds is 4. The Kier molecular flexibility index (Phi) is 4.89. The van der Waals surface area contributed by atoms with E-state index < -0.39 is 11.3 Å². The van der Waals surface area contributed by atoms with E-state index >= 15 is 0 Å². The Labute approximate surface area is 162 Å². The van der Waals surface area contributed by atoms with Crippen LogP contribution in [0.15, 0.2) is 59.5 Å². The molecule has 1 amide bonds. The van der Waals surface area contributed by atoms with Crippen molar-refractivity contribution < 1.29 is 4.79 Å². The van der Waals surface area contributed by atoms with Crippen LogP contribution in [-0.2, 0) is 0 Å². The normalized spacial score (nSPS) is 13.5. The minimum atomic E-state index is -0.551. The van der Waals surface area contributed by atoms with Gasteiger partial charge in [0, 0.05) is 24.8 Å². The molecular formula is C21H21N5O2. The molecule has 0 aliphatic carbocycles. The average Bonchev–Trinajstić information content (AvgIpc) is 3.24. The Hall–Kier alpha value is -3.48. The number of amides is 1. The smallest absolute Gasteiger partial charge is 0.280 e. The van der Waals surface area contributed by atoms with Crippen molar-refractivity contribution in [3.8, 4) is 5.69 Å². The number of carbonyl (C=O) groups is 1. The van der Waals surface area contributed by atoms with E-state index in [1.165, 1.54) is 18.9 Å². The molecule has 0 unspecified atom stereocenters. The highest BCUT2D eigenvalue weighted by molar-refractivity contribution is 6.02. The molecule has 1 aliphatic rings. The number of benzene rings is 1. The number of nitrogens with one attached hydrogen (secondary N) is 1. The maximum Gasteiger partial charge on any atom is 0.280 e. The summed E-state index contributed by atoms with van der Waals surface area (Å²) in [5.41, 5.74) is 1.40. The molecule has 4 rings (SSSR count). The quantitative estimate of drug-likeness (QED) is 0.758. The van der Waals surface area contributed by atoms with Crippen LogP contribution in [-0.4, -0.2) is 33.8 Å². The van der Waals surface area contributed by atoms with Crippen LogP contribution in [0.5, 0.6) is 0 Å². The molecule has 3 heterocycles. The van der Waals surface area contributed by atoms with E-state index in [0.717, 1.165) is 24.6 Å². The van der Waals surface area contributed by atoms with Crippen molar-refractivity contribution >= 4 is 17.4 Å². The predicted molar refractivity (Wildman–Crippen MR) is 108 cm³/mol. The molecule has 1 N–H and O–H groups in total. The van der Waals surface area contributed by atoms with E-state index in [1.54, 1.807) is 23.9 Å². The number of carbonyl (C=O) groups excluding carboxylic acids is 1. The fourth-order valence-electron chi connectivity index (χ4n) is 3.32. The summed E-state index contributed by atoms with van der Waals surface area (Å²) in [6.45, 7) is 3.79. The first-order valence-electron chi connectivity index (χ1n) is 9.30. The average molecular weight is 375 g/mol. The van der Waals surface area contributed by atoms with E-state index in [-0.39, 0.29) is 5.69 Å².